The quantitative estimate of drug-likeness (QED) is 0.393. The molecule has 138 valence electrons. The number of aryl methyl sites for hydroxylation is 1. The highest BCUT2D eigenvalue weighted by Crippen LogP contribution is 2.23. The number of hydrogen-bond donors (Lipinski definition) is 1. The molecule has 0 atom stereocenters. The highest BCUT2D eigenvalue weighted by molar-refractivity contribution is 14.0. The van der Waals surface area contributed by atoms with Crippen molar-refractivity contribution >= 4 is 41.5 Å². The van der Waals surface area contributed by atoms with Crippen molar-refractivity contribution in [3.05, 3.63) is 40.9 Å². The van der Waals surface area contributed by atoms with Crippen molar-refractivity contribution in [1.82, 2.24) is 25.0 Å². The van der Waals surface area contributed by atoms with Crippen molar-refractivity contribution in [2.45, 2.75) is 20.0 Å². The lowest BCUT2D eigenvalue weighted by Gasteiger charge is -2.21. The monoisotopic (exact) mass is 478 g/mol. The molecule has 9 heteroatoms. The minimum absolute atomic E-state index is 0. The summed E-state index contributed by atoms with van der Waals surface area (Å²) in [5, 5.41) is 8.02. The summed E-state index contributed by atoms with van der Waals surface area (Å²) in [5.41, 5.74) is 0.976. The van der Waals surface area contributed by atoms with E-state index in [4.69, 9.17) is 16.3 Å². The van der Waals surface area contributed by atoms with Gasteiger partial charge in [0.1, 0.15) is 17.9 Å². The highest BCUT2D eigenvalue weighted by atomic mass is 127. The number of nitrogens with one attached hydrogen (secondary N) is 1. The first-order valence-electron chi connectivity index (χ1n) is 7.69. The van der Waals surface area contributed by atoms with Gasteiger partial charge in [-0.15, -0.1) is 24.0 Å². The molecule has 1 aromatic heterocycles. The summed E-state index contributed by atoms with van der Waals surface area (Å²) in [6, 6.07) is 5.56. The van der Waals surface area contributed by atoms with Gasteiger partial charge in [-0.1, -0.05) is 17.7 Å². The van der Waals surface area contributed by atoms with Gasteiger partial charge in [0, 0.05) is 31.2 Å². The predicted molar refractivity (Wildman–Crippen MR) is 111 cm³/mol. The van der Waals surface area contributed by atoms with Crippen molar-refractivity contribution in [3.63, 3.8) is 0 Å². The molecule has 0 amide bonds. The fourth-order valence-electron chi connectivity index (χ4n) is 2.23. The van der Waals surface area contributed by atoms with Crippen molar-refractivity contribution in [3.8, 4) is 5.75 Å². The number of nitrogens with zero attached hydrogens (tertiary/aromatic N) is 5. The lowest BCUT2D eigenvalue weighted by molar-refractivity contribution is 0.409. The number of aromatic nitrogens is 3. The molecular formula is C16H24ClIN6O. The molecule has 0 unspecified atom stereocenters. The fraction of sp³-hybridized carbons (Fsp3) is 0.438. The predicted octanol–water partition coefficient (Wildman–Crippen LogP) is 2.69. The van der Waals surface area contributed by atoms with Gasteiger partial charge in [-0.25, -0.2) is 9.98 Å². The van der Waals surface area contributed by atoms with E-state index in [2.05, 4.69) is 20.4 Å². The fourth-order valence-corrected chi connectivity index (χ4v) is 2.39. The Labute approximate surface area is 170 Å². The van der Waals surface area contributed by atoms with Crippen LogP contribution in [0.3, 0.4) is 0 Å². The van der Waals surface area contributed by atoms with E-state index in [0.717, 1.165) is 29.6 Å². The first-order chi connectivity index (χ1) is 11.5. The van der Waals surface area contributed by atoms with Crippen LogP contribution in [-0.2, 0) is 20.1 Å². The van der Waals surface area contributed by atoms with Gasteiger partial charge in [-0.2, -0.15) is 5.10 Å². The normalized spacial score (nSPS) is 11.0. The van der Waals surface area contributed by atoms with Crippen molar-refractivity contribution in [2.24, 2.45) is 12.0 Å². The molecule has 25 heavy (non-hydrogen) atoms. The molecule has 0 saturated heterocycles. The Morgan fingerprint density at radius 1 is 1.44 bits per heavy atom. The zero-order chi connectivity index (χ0) is 17.5. The van der Waals surface area contributed by atoms with Gasteiger partial charge in [0.05, 0.1) is 20.2 Å². The number of benzene rings is 1. The van der Waals surface area contributed by atoms with Gasteiger partial charge in [0.25, 0.3) is 0 Å². The van der Waals surface area contributed by atoms with E-state index in [0.29, 0.717) is 18.1 Å². The smallest absolute Gasteiger partial charge is 0.194 e. The van der Waals surface area contributed by atoms with Crippen LogP contribution in [0, 0.1) is 0 Å². The maximum Gasteiger partial charge on any atom is 0.194 e. The Kier molecular flexibility index (Phi) is 8.98. The van der Waals surface area contributed by atoms with E-state index in [1.54, 1.807) is 24.2 Å². The van der Waals surface area contributed by atoms with E-state index >= 15 is 0 Å². The molecule has 0 aliphatic heterocycles. The van der Waals surface area contributed by atoms with Crippen LogP contribution < -0.4 is 10.1 Å². The number of ether oxygens (including phenoxy) is 1. The Hall–Kier alpha value is -1.55. The Morgan fingerprint density at radius 3 is 2.80 bits per heavy atom. The molecule has 0 fully saturated rings. The van der Waals surface area contributed by atoms with Gasteiger partial charge < -0.3 is 15.0 Å². The third kappa shape index (κ3) is 6.03. The van der Waals surface area contributed by atoms with Crippen molar-refractivity contribution in [1.29, 1.82) is 0 Å². The highest BCUT2D eigenvalue weighted by Gasteiger charge is 2.11. The summed E-state index contributed by atoms with van der Waals surface area (Å²) in [6.45, 7) is 3.92. The Balaban J connectivity index is 0.00000312. The van der Waals surface area contributed by atoms with Crippen LogP contribution in [-0.4, -0.2) is 46.3 Å². The van der Waals surface area contributed by atoms with E-state index in [-0.39, 0.29) is 24.0 Å². The number of rotatable bonds is 6. The van der Waals surface area contributed by atoms with Crippen LogP contribution >= 0.6 is 35.6 Å². The summed E-state index contributed by atoms with van der Waals surface area (Å²) in [6.07, 6.45) is 1.55. The van der Waals surface area contributed by atoms with Crippen LogP contribution in [0.5, 0.6) is 5.75 Å². The average Bonchev–Trinajstić information content (AvgIpc) is 2.97. The van der Waals surface area contributed by atoms with Gasteiger partial charge >= 0.3 is 0 Å². The molecule has 0 aliphatic rings. The Bertz CT molecular complexity index is 706. The van der Waals surface area contributed by atoms with Crippen molar-refractivity contribution < 1.29 is 4.74 Å². The molecule has 2 rings (SSSR count). The van der Waals surface area contributed by atoms with Crippen LogP contribution in [0.1, 0.15) is 18.3 Å². The molecule has 7 nitrogen and oxygen atoms in total. The van der Waals surface area contributed by atoms with Crippen molar-refractivity contribution in [2.75, 3.05) is 20.7 Å². The zero-order valence-electron chi connectivity index (χ0n) is 14.9. The number of aliphatic imine (C=N–C) groups is 1. The molecule has 0 aliphatic carbocycles. The van der Waals surface area contributed by atoms with Gasteiger partial charge in [0.2, 0.25) is 0 Å². The first-order valence-corrected chi connectivity index (χ1v) is 8.07. The number of halogens is 2. The molecule has 0 spiro atoms. The minimum Gasteiger partial charge on any atom is -0.496 e. The van der Waals surface area contributed by atoms with Crippen LogP contribution in [0.4, 0.5) is 0 Å². The zero-order valence-corrected chi connectivity index (χ0v) is 17.9. The second kappa shape index (κ2) is 10.4. The maximum atomic E-state index is 6.00. The SMILES string of the molecule is CCNC(=NCc1ccc(Cl)cc1OC)N(C)Cc1ncnn1C.I. The third-order valence-corrected chi connectivity index (χ3v) is 3.76. The molecule has 0 bridgehead atoms. The van der Waals surface area contributed by atoms with Gasteiger partial charge in [0.15, 0.2) is 5.96 Å². The summed E-state index contributed by atoms with van der Waals surface area (Å²) in [5.74, 6) is 2.39. The molecule has 1 aromatic carbocycles. The second-order valence-electron chi connectivity index (χ2n) is 5.28. The molecule has 0 saturated carbocycles. The summed E-state index contributed by atoms with van der Waals surface area (Å²) >= 11 is 6.00. The lowest BCUT2D eigenvalue weighted by Crippen LogP contribution is -2.39. The lowest BCUT2D eigenvalue weighted by atomic mass is 10.2. The maximum absolute atomic E-state index is 6.00. The molecule has 1 N–H and O–H groups in total. The second-order valence-corrected chi connectivity index (χ2v) is 5.72. The molecule has 0 radical (unpaired) electrons. The number of guanidine groups is 1. The number of methoxy groups -OCH3 is 1. The van der Waals surface area contributed by atoms with Crippen LogP contribution in [0.15, 0.2) is 29.5 Å². The largest absolute Gasteiger partial charge is 0.496 e. The standard InChI is InChI=1S/C16H23ClN6O.HI/c1-5-18-16(22(2)10-15-20-11-21-23(15)3)19-9-12-6-7-13(17)8-14(12)24-4;/h6-8,11H,5,9-10H2,1-4H3,(H,18,19);1H. The van der Waals surface area contributed by atoms with Gasteiger partial charge in [-0.05, 0) is 19.1 Å². The molecule has 1 heterocycles. The summed E-state index contributed by atoms with van der Waals surface area (Å²) in [7, 11) is 5.47. The topological polar surface area (TPSA) is 67.6 Å². The Morgan fingerprint density at radius 2 is 2.20 bits per heavy atom. The average molecular weight is 479 g/mol. The third-order valence-electron chi connectivity index (χ3n) is 3.53. The summed E-state index contributed by atoms with van der Waals surface area (Å²) in [4.78, 5) is 10.9. The van der Waals surface area contributed by atoms with Gasteiger partial charge in [-0.3, -0.25) is 4.68 Å². The van der Waals surface area contributed by atoms with Crippen LogP contribution in [0.2, 0.25) is 5.02 Å². The number of hydrogen-bond acceptors (Lipinski definition) is 4. The first kappa shape index (κ1) is 21.5. The van der Waals surface area contributed by atoms with E-state index in [1.807, 2.05) is 38.1 Å². The van der Waals surface area contributed by atoms with E-state index in [9.17, 15) is 0 Å². The summed E-state index contributed by atoms with van der Waals surface area (Å²) < 4.78 is 7.12. The molecular weight excluding hydrogens is 455 g/mol. The van der Waals surface area contributed by atoms with Crippen LogP contribution in [0.25, 0.3) is 0 Å². The van der Waals surface area contributed by atoms with E-state index < -0.39 is 0 Å². The molecule has 2 aromatic rings. The van der Waals surface area contributed by atoms with E-state index in [1.165, 1.54) is 0 Å². The minimum atomic E-state index is 0.